The molecule has 0 bridgehead atoms. The van der Waals surface area contributed by atoms with Crippen LogP contribution in [0.5, 0.6) is 5.75 Å². The van der Waals surface area contributed by atoms with Gasteiger partial charge in [-0.05, 0) is 56.8 Å². The summed E-state index contributed by atoms with van der Waals surface area (Å²) in [7, 11) is 0. The number of hydrogen-bond donors (Lipinski definition) is 2. The van der Waals surface area contributed by atoms with E-state index in [-0.39, 0.29) is 5.91 Å². The Hall–Kier alpha value is -1.81. The van der Waals surface area contributed by atoms with E-state index in [9.17, 15) is 4.79 Å². The lowest BCUT2D eigenvalue weighted by molar-refractivity contribution is 0.0955. The van der Waals surface area contributed by atoms with Crippen LogP contribution < -0.4 is 15.4 Å². The van der Waals surface area contributed by atoms with Crippen LogP contribution in [0.3, 0.4) is 0 Å². The van der Waals surface area contributed by atoms with Gasteiger partial charge in [-0.2, -0.15) is 0 Å². The van der Waals surface area contributed by atoms with Gasteiger partial charge in [-0.3, -0.25) is 4.79 Å². The summed E-state index contributed by atoms with van der Waals surface area (Å²) < 4.78 is 5.96. The molecule has 0 radical (unpaired) electrons. The van der Waals surface area contributed by atoms with Crippen molar-refractivity contribution in [1.82, 2.24) is 10.6 Å². The largest absolute Gasteiger partial charge is 0.490 e. The lowest BCUT2D eigenvalue weighted by Crippen LogP contribution is -2.29. The maximum atomic E-state index is 12.3. The number of carbonyl (C=O) groups excluding carboxylic acids is 1. The highest BCUT2D eigenvalue weighted by Crippen LogP contribution is 2.24. The van der Waals surface area contributed by atoms with Gasteiger partial charge in [0.2, 0.25) is 0 Å². The Labute approximate surface area is 131 Å². The molecule has 2 aliphatic rings. The third kappa shape index (κ3) is 4.10. The number of nitrogens with one attached hydrogen (secondary N) is 2. The van der Waals surface area contributed by atoms with Crippen LogP contribution in [0.1, 0.15) is 42.5 Å². The highest BCUT2D eigenvalue weighted by molar-refractivity contribution is 5.94. The summed E-state index contributed by atoms with van der Waals surface area (Å²) >= 11 is 0. The molecule has 1 amide bonds. The van der Waals surface area contributed by atoms with Crippen molar-refractivity contribution in [3.05, 3.63) is 41.5 Å². The summed E-state index contributed by atoms with van der Waals surface area (Å²) in [5.41, 5.74) is 1.97. The Bertz CT molecular complexity index is 548. The first-order valence-electron chi connectivity index (χ1n) is 8.25. The fraction of sp³-hybridized carbons (Fsp3) is 0.500. The molecule has 0 unspecified atom stereocenters. The third-order valence-corrected chi connectivity index (χ3v) is 4.34. The van der Waals surface area contributed by atoms with Gasteiger partial charge in [-0.25, -0.2) is 0 Å². The van der Waals surface area contributed by atoms with E-state index < -0.39 is 0 Å². The second-order valence-corrected chi connectivity index (χ2v) is 6.05. The Morgan fingerprint density at radius 2 is 2.18 bits per heavy atom. The van der Waals surface area contributed by atoms with Gasteiger partial charge < -0.3 is 15.4 Å². The molecule has 118 valence electrons. The number of amides is 1. The lowest BCUT2D eigenvalue weighted by atomic mass is 10.1. The molecule has 4 heteroatoms. The first-order chi connectivity index (χ1) is 10.8. The highest BCUT2D eigenvalue weighted by Gasteiger charge is 2.17. The van der Waals surface area contributed by atoms with E-state index >= 15 is 0 Å². The van der Waals surface area contributed by atoms with Gasteiger partial charge in [0.25, 0.3) is 5.91 Å². The van der Waals surface area contributed by atoms with E-state index in [1.54, 1.807) is 0 Å². The third-order valence-electron chi connectivity index (χ3n) is 4.34. The quantitative estimate of drug-likeness (QED) is 0.822. The van der Waals surface area contributed by atoms with Crippen molar-refractivity contribution < 1.29 is 9.53 Å². The highest BCUT2D eigenvalue weighted by atomic mass is 16.5. The first-order valence-corrected chi connectivity index (χ1v) is 8.25. The standard InChI is InChI=1S/C18H24N2O2/c21-18(20-13-14-8-10-19-11-9-14)15-4-3-7-17(12-15)22-16-5-1-2-6-16/h3-4,7-8,12,16,19H,1-2,5-6,9-11,13H2,(H,20,21). The summed E-state index contributed by atoms with van der Waals surface area (Å²) in [6, 6.07) is 7.52. The van der Waals surface area contributed by atoms with Crippen molar-refractivity contribution in [3.63, 3.8) is 0 Å². The molecule has 4 nitrogen and oxygen atoms in total. The monoisotopic (exact) mass is 300 g/mol. The molecule has 1 aromatic carbocycles. The van der Waals surface area contributed by atoms with Crippen LogP contribution in [0.4, 0.5) is 0 Å². The molecule has 1 saturated carbocycles. The van der Waals surface area contributed by atoms with Gasteiger partial charge in [0, 0.05) is 18.7 Å². The summed E-state index contributed by atoms with van der Waals surface area (Å²) in [5.74, 6) is 0.775. The van der Waals surface area contributed by atoms with Crippen molar-refractivity contribution in [2.24, 2.45) is 0 Å². The summed E-state index contributed by atoms with van der Waals surface area (Å²) in [6.45, 7) is 2.52. The zero-order chi connectivity index (χ0) is 15.2. The van der Waals surface area contributed by atoms with E-state index in [1.807, 2.05) is 24.3 Å². The van der Waals surface area contributed by atoms with Crippen molar-refractivity contribution in [2.45, 2.75) is 38.2 Å². The second kappa shape index (κ2) is 7.45. The minimum absolute atomic E-state index is 0.0312. The van der Waals surface area contributed by atoms with Gasteiger partial charge in [0.15, 0.2) is 0 Å². The molecular weight excluding hydrogens is 276 g/mol. The number of rotatable bonds is 5. The average Bonchev–Trinajstić information content (AvgIpc) is 3.07. The SMILES string of the molecule is O=C(NCC1=CCNCC1)c1cccc(OC2CCCC2)c1. The fourth-order valence-electron chi connectivity index (χ4n) is 3.04. The first kappa shape index (κ1) is 15.1. The molecule has 1 aliphatic carbocycles. The Kier molecular flexibility index (Phi) is 5.11. The molecule has 1 fully saturated rings. The minimum atomic E-state index is -0.0312. The molecule has 1 heterocycles. The van der Waals surface area contributed by atoms with Crippen LogP contribution in [-0.4, -0.2) is 31.6 Å². The average molecular weight is 300 g/mol. The normalized spacial score (nSPS) is 18.8. The maximum absolute atomic E-state index is 12.3. The molecule has 1 aromatic rings. The van der Waals surface area contributed by atoms with Gasteiger partial charge >= 0.3 is 0 Å². The molecule has 3 rings (SSSR count). The van der Waals surface area contributed by atoms with Crippen LogP contribution >= 0.6 is 0 Å². The molecular formula is C18H24N2O2. The Morgan fingerprint density at radius 1 is 1.32 bits per heavy atom. The summed E-state index contributed by atoms with van der Waals surface area (Å²) in [4.78, 5) is 12.3. The van der Waals surface area contributed by atoms with E-state index in [0.717, 1.165) is 38.1 Å². The number of hydrogen-bond acceptors (Lipinski definition) is 3. The Morgan fingerprint density at radius 3 is 2.95 bits per heavy atom. The molecule has 2 N–H and O–H groups in total. The predicted molar refractivity (Wildman–Crippen MR) is 87.2 cm³/mol. The Balaban J connectivity index is 1.56. The molecule has 1 aliphatic heterocycles. The summed E-state index contributed by atoms with van der Waals surface area (Å²) in [6.07, 6.45) is 8.22. The molecule has 0 atom stereocenters. The fourth-order valence-corrected chi connectivity index (χ4v) is 3.04. The van der Waals surface area contributed by atoms with Crippen molar-refractivity contribution in [2.75, 3.05) is 19.6 Å². The van der Waals surface area contributed by atoms with Crippen molar-refractivity contribution in [1.29, 1.82) is 0 Å². The van der Waals surface area contributed by atoms with E-state index in [2.05, 4.69) is 16.7 Å². The topological polar surface area (TPSA) is 50.4 Å². The minimum Gasteiger partial charge on any atom is -0.490 e. The number of ether oxygens (including phenoxy) is 1. The molecule has 0 saturated heterocycles. The van der Waals surface area contributed by atoms with E-state index in [4.69, 9.17) is 4.74 Å². The van der Waals surface area contributed by atoms with Crippen LogP contribution in [0.2, 0.25) is 0 Å². The van der Waals surface area contributed by atoms with Gasteiger partial charge in [-0.15, -0.1) is 0 Å². The second-order valence-electron chi connectivity index (χ2n) is 6.05. The van der Waals surface area contributed by atoms with Crippen LogP contribution in [0.25, 0.3) is 0 Å². The van der Waals surface area contributed by atoms with Crippen molar-refractivity contribution in [3.8, 4) is 5.75 Å². The number of carbonyl (C=O) groups is 1. The smallest absolute Gasteiger partial charge is 0.251 e. The zero-order valence-corrected chi connectivity index (χ0v) is 12.9. The van der Waals surface area contributed by atoms with E-state index in [1.165, 1.54) is 18.4 Å². The molecule has 0 aromatic heterocycles. The number of benzene rings is 1. The van der Waals surface area contributed by atoms with Crippen molar-refractivity contribution >= 4 is 5.91 Å². The molecule has 22 heavy (non-hydrogen) atoms. The zero-order valence-electron chi connectivity index (χ0n) is 12.9. The lowest BCUT2D eigenvalue weighted by Gasteiger charge is -2.15. The predicted octanol–water partition coefficient (Wildman–Crippen LogP) is 2.66. The van der Waals surface area contributed by atoms with Crippen LogP contribution in [0.15, 0.2) is 35.9 Å². The van der Waals surface area contributed by atoms with Gasteiger partial charge in [-0.1, -0.05) is 17.7 Å². The van der Waals surface area contributed by atoms with Crippen LogP contribution in [0, 0.1) is 0 Å². The van der Waals surface area contributed by atoms with E-state index in [0.29, 0.717) is 18.2 Å². The van der Waals surface area contributed by atoms with Gasteiger partial charge in [0.1, 0.15) is 5.75 Å². The van der Waals surface area contributed by atoms with Gasteiger partial charge in [0.05, 0.1) is 6.10 Å². The van der Waals surface area contributed by atoms with Crippen LogP contribution in [-0.2, 0) is 0 Å². The summed E-state index contributed by atoms with van der Waals surface area (Å²) in [5, 5.41) is 6.27. The molecule has 0 spiro atoms. The maximum Gasteiger partial charge on any atom is 0.251 e.